The van der Waals surface area contributed by atoms with E-state index in [9.17, 15) is 18.0 Å². The fraction of sp³-hybridized carbons (Fsp3) is 0.235. The van der Waals surface area contributed by atoms with Crippen LogP contribution in [0.25, 0.3) is 0 Å². The molecule has 1 unspecified atom stereocenters. The maximum Gasteiger partial charge on any atom is 0.407 e. The van der Waals surface area contributed by atoms with E-state index in [-0.39, 0.29) is 21.2 Å². The van der Waals surface area contributed by atoms with Gasteiger partial charge in [-0.3, -0.25) is 4.79 Å². The maximum absolute atomic E-state index is 13.7. The molecule has 25 heavy (non-hydrogen) atoms. The molecule has 130 valence electrons. The van der Waals surface area contributed by atoms with Crippen molar-refractivity contribution in [3.8, 4) is 0 Å². The van der Waals surface area contributed by atoms with Crippen LogP contribution in [0.4, 0.5) is 13.2 Å². The first-order valence-corrected chi connectivity index (χ1v) is 8.29. The number of benzene rings is 2. The highest BCUT2D eigenvalue weighted by Crippen LogP contribution is 2.48. The predicted molar refractivity (Wildman–Crippen MR) is 98.7 cm³/mol. The molecule has 2 rings (SSSR count). The third-order valence-corrected chi connectivity index (χ3v) is 4.92. The Labute approximate surface area is 160 Å². The summed E-state index contributed by atoms with van der Waals surface area (Å²) in [7, 11) is 5.67. The van der Waals surface area contributed by atoms with E-state index in [1.807, 2.05) is 0 Å². The number of hydrogen-bond acceptors (Lipinski definition) is 2. The molecule has 0 aromatic heterocycles. The molecule has 1 atom stereocenters. The van der Waals surface area contributed by atoms with Crippen LogP contribution in [0.2, 0.25) is 10.0 Å². The van der Waals surface area contributed by atoms with Crippen molar-refractivity contribution in [2.75, 3.05) is 0 Å². The molecule has 1 nitrogen and oxygen atoms in total. The summed E-state index contributed by atoms with van der Waals surface area (Å²) >= 11 is 15.5. The van der Waals surface area contributed by atoms with Gasteiger partial charge in [0, 0.05) is 22.0 Å². The van der Waals surface area contributed by atoms with Crippen LogP contribution in [-0.4, -0.2) is 19.8 Å². The number of carbonyl (C=O) groups excluding carboxylic acids is 1. The Morgan fingerprint density at radius 1 is 1.12 bits per heavy atom. The lowest BCUT2D eigenvalue weighted by Crippen LogP contribution is -2.39. The van der Waals surface area contributed by atoms with Crippen molar-refractivity contribution in [2.45, 2.75) is 24.3 Å². The second kappa shape index (κ2) is 7.26. The summed E-state index contributed by atoms with van der Waals surface area (Å²) in [6.07, 6.45) is -5.71. The SMILES string of the molecule is [B]c1ccc(C(=O)CC(S)(c2cc(Cl)cc(Cl)c2)C(F)(F)F)cc1C. The van der Waals surface area contributed by atoms with Crippen LogP contribution in [0.5, 0.6) is 0 Å². The standard InChI is InChI=1S/C17H12BCl2F3OS/c1-9-4-10(2-3-14(9)18)15(24)8-16(25,17(21,22)23)11-5-12(19)7-13(20)6-11/h2-7,25H,8H2,1H3. The number of carbonyl (C=O) groups is 1. The highest BCUT2D eigenvalue weighted by Gasteiger charge is 2.54. The van der Waals surface area contributed by atoms with Crippen molar-refractivity contribution in [2.24, 2.45) is 0 Å². The summed E-state index contributed by atoms with van der Waals surface area (Å²) in [6, 6.07) is 7.84. The van der Waals surface area contributed by atoms with Gasteiger partial charge in [-0.05, 0) is 36.8 Å². The van der Waals surface area contributed by atoms with E-state index in [0.717, 1.165) is 12.1 Å². The van der Waals surface area contributed by atoms with E-state index in [1.54, 1.807) is 6.92 Å². The number of rotatable bonds is 4. The zero-order valence-corrected chi connectivity index (χ0v) is 15.4. The van der Waals surface area contributed by atoms with Gasteiger partial charge in [0.1, 0.15) is 12.6 Å². The summed E-state index contributed by atoms with van der Waals surface area (Å²) in [5, 5.41) is 0.0573. The summed E-state index contributed by atoms with van der Waals surface area (Å²) in [4.78, 5) is 12.5. The molecular weight excluding hydrogens is 391 g/mol. The number of aryl methyl sites for hydroxylation is 1. The number of halogens is 5. The lowest BCUT2D eigenvalue weighted by Gasteiger charge is -2.31. The molecule has 0 bridgehead atoms. The molecule has 0 amide bonds. The van der Waals surface area contributed by atoms with Gasteiger partial charge in [-0.25, -0.2) is 0 Å². The first-order valence-electron chi connectivity index (χ1n) is 7.09. The first kappa shape index (κ1) is 20.2. The second-order valence-corrected chi connectivity index (χ2v) is 7.32. The molecule has 0 aliphatic rings. The molecule has 2 aromatic carbocycles. The molecule has 8 heteroatoms. The lowest BCUT2D eigenvalue weighted by atomic mass is 9.86. The van der Waals surface area contributed by atoms with Gasteiger partial charge in [0.2, 0.25) is 0 Å². The van der Waals surface area contributed by atoms with Crippen LogP contribution in [-0.2, 0) is 4.75 Å². The van der Waals surface area contributed by atoms with Crippen molar-refractivity contribution in [3.63, 3.8) is 0 Å². The Kier molecular flexibility index (Phi) is 5.86. The average Bonchev–Trinajstić information content (AvgIpc) is 2.47. The van der Waals surface area contributed by atoms with Gasteiger partial charge in [0.15, 0.2) is 5.78 Å². The van der Waals surface area contributed by atoms with E-state index < -0.39 is 23.1 Å². The normalized spacial score (nSPS) is 14.2. The van der Waals surface area contributed by atoms with Gasteiger partial charge in [-0.1, -0.05) is 46.4 Å². The monoisotopic (exact) mass is 402 g/mol. The second-order valence-electron chi connectivity index (χ2n) is 5.69. The minimum atomic E-state index is -4.80. The van der Waals surface area contributed by atoms with Crippen LogP contribution in [0.15, 0.2) is 36.4 Å². The smallest absolute Gasteiger partial charge is 0.294 e. The Balaban J connectivity index is 2.47. The summed E-state index contributed by atoms with van der Waals surface area (Å²) < 4.78 is 38.5. The summed E-state index contributed by atoms with van der Waals surface area (Å²) in [5.74, 6) is -0.716. The number of alkyl halides is 3. The quantitative estimate of drug-likeness (QED) is 0.430. The average molecular weight is 403 g/mol. The van der Waals surface area contributed by atoms with E-state index in [4.69, 9.17) is 31.0 Å². The van der Waals surface area contributed by atoms with Crippen molar-refractivity contribution < 1.29 is 18.0 Å². The Bertz CT molecular complexity index is 806. The summed E-state index contributed by atoms with van der Waals surface area (Å²) in [6.45, 7) is 1.67. The van der Waals surface area contributed by atoms with Crippen molar-refractivity contribution >= 4 is 54.9 Å². The molecule has 2 aromatic rings. The third kappa shape index (κ3) is 4.36. The van der Waals surface area contributed by atoms with Crippen LogP contribution < -0.4 is 5.46 Å². The predicted octanol–water partition coefficient (Wildman–Crippen LogP) is 5.06. The Hall–Kier alpha value is -1.11. The van der Waals surface area contributed by atoms with Crippen LogP contribution in [0, 0.1) is 6.92 Å². The minimum Gasteiger partial charge on any atom is -0.294 e. The largest absolute Gasteiger partial charge is 0.407 e. The van der Waals surface area contributed by atoms with Crippen molar-refractivity contribution in [1.29, 1.82) is 0 Å². The number of ketones is 1. The van der Waals surface area contributed by atoms with Crippen molar-refractivity contribution in [1.82, 2.24) is 0 Å². The van der Waals surface area contributed by atoms with Crippen LogP contribution >= 0.6 is 35.8 Å². The molecule has 0 saturated carbocycles. The molecule has 2 radical (unpaired) electrons. The van der Waals surface area contributed by atoms with Gasteiger partial charge in [0.05, 0.1) is 0 Å². The Morgan fingerprint density at radius 2 is 1.68 bits per heavy atom. The highest BCUT2D eigenvalue weighted by molar-refractivity contribution is 7.81. The van der Waals surface area contributed by atoms with Gasteiger partial charge in [0.25, 0.3) is 0 Å². The third-order valence-electron chi connectivity index (χ3n) is 3.82. The van der Waals surface area contributed by atoms with Gasteiger partial charge in [-0.2, -0.15) is 25.8 Å². The van der Waals surface area contributed by atoms with E-state index >= 15 is 0 Å². The van der Waals surface area contributed by atoms with Crippen molar-refractivity contribution in [3.05, 3.63) is 63.1 Å². The molecular formula is C17H12BCl2F3OS. The number of thiol groups is 1. The summed E-state index contributed by atoms with van der Waals surface area (Å²) in [5.41, 5.74) is 0.892. The number of Topliss-reactive ketones (excluding diaryl/α,β-unsaturated/α-hetero) is 1. The number of hydrogen-bond donors (Lipinski definition) is 1. The molecule has 0 aliphatic carbocycles. The van der Waals surface area contributed by atoms with Crippen LogP contribution in [0.3, 0.4) is 0 Å². The lowest BCUT2D eigenvalue weighted by molar-refractivity contribution is -0.160. The van der Waals surface area contributed by atoms with E-state index in [0.29, 0.717) is 11.0 Å². The molecule has 0 spiro atoms. The van der Waals surface area contributed by atoms with Crippen LogP contribution in [0.1, 0.15) is 27.9 Å². The topological polar surface area (TPSA) is 17.1 Å². The first-order chi connectivity index (χ1) is 11.4. The Morgan fingerprint density at radius 3 is 2.16 bits per heavy atom. The van der Waals surface area contributed by atoms with E-state index in [2.05, 4.69) is 12.6 Å². The molecule has 0 fully saturated rings. The van der Waals surface area contributed by atoms with Gasteiger partial charge >= 0.3 is 6.18 Å². The molecule has 0 saturated heterocycles. The maximum atomic E-state index is 13.7. The van der Waals surface area contributed by atoms with Gasteiger partial charge < -0.3 is 0 Å². The zero-order valence-electron chi connectivity index (χ0n) is 13.0. The fourth-order valence-corrected chi connectivity index (χ4v) is 3.14. The van der Waals surface area contributed by atoms with Gasteiger partial charge in [-0.15, -0.1) is 0 Å². The van der Waals surface area contributed by atoms with E-state index in [1.165, 1.54) is 24.3 Å². The minimum absolute atomic E-state index is 0.0287. The molecule has 0 N–H and O–H groups in total. The fourth-order valence-electron chi connectivity index (χ4n) is 2.34. The molecule has 0 heterocycles. The molecule has 0 aliphatic heterocycles. The zero-order chi connectivity index (χ0) is 19.0. The highest BCUT2D eigenvalue weighted by atomic mass is 35.5.